The Morgan fingerprint density at radius 2 is 1.88 bits per heavy atom. The van der Waals surface area contributed by atoms with Crippen LogP contribution in [0, 0.1) is 5.82 Å². The number of aromatic nitrogens is 2. The molecule has 6 heteroatoms. The van der Waals surface area contributed by atoms with E-state index in [1.807, 2.05) is 35.2 Å². The van der Waals surface area contributed by atoms with Gasteiger partial charge in [0.15, 0.2) is 5.82 Å². The first-order valence-corrected chi connectivity index (χ1v) is 8.10. The maximum absolute atomic E-state index is 13.0. The molecule has 0 saturated carbocycles. The maximum Gasteiger partial charge on any atom is 0.257 e. The van der Waals surface area contributed by atoms with E-state index in [1.165, 1.54) is 12.1 Å². The van der Waals surface area contributed by atoms with Crippen LogP contribution >= 0.6 is 0 Å². The molecule has 0 aliphatic carbocycles. The van der Waals surface area contributed by atoms with Gasteiger partial charge in [0.25, 0.3) is 5.89 Å². The molecular weight excluding hydrogens is 321 g/mol. The number of halogens is 1. The molecule has 25 heavy (non-hydrogen) atoms. The van der Waals surface area contributed by atoms with Crippen molar-refractivity contribution in [2.75, 3.05) is 6.54 Å². The number of rotatable bonds is 4. The number of carbonyl (C=O) groups is 1. The zero-order valence-corrected chi connectivity index (χ0v) is 13.4. The molecule has 0 N–H and O–H groups in total. The minimum Gasteiger partial charge on any atom is -0.338 e. The SMILES string of the molecule is O=C1CC(c2noc(-c3ccc(F)cc3)n2)CN1Cc1ccccc1. The third-order valence-corrected chi connectivity index (χ3v) is 4.33. The Balaban J connectivity index is 1.48. The molecule has 1 aliphatic heterocycles. The number of hydrogen-bond acceptors (Lipinski definition) is 4. The summed E-state index contributed by atoms with van der Waals surface area (Å²) >= 11 is 0. The van der Waals surface area contributed by atoms with Crippen molar-refractivity contribution >= 4 is 5.91 Å². The molecule has 5 nitrogen and oxygen atoms in total. The van der Waals surface area contributed by atoms with E-state index in [0.717, 1.165) is 5.56 Å². The number of amides is 1. The van der Waals surface area contributed by atoms with Crippen LogP contribution in [0.4, 0.5) is 4.39 Å². The van der Waals surface area contributed by atoms with E-state index in [1.54, 1.807) is 12.1 Å². The Bertz CT molecular complexity index is 877. The molecule has 1 aromatic heterocycles. The fourth-order valence-corrected chi connectivity index (χ4v) is 3.01. The third kappa shape index (κ3) is 3.28. The summed E-state index contributed by atoms with van der Waals surface area (Å²) in [5, 5.41) is 4.01. The van der Waals surface area contributed by atoms with Crippen molar-refractivity contribution in [3.05, 3.63) is 71.8 Å². The number of hydrogen-bond donors (Lipinski definition) is 0. The molecule has 1 fully saturated rings. The summed E-state index contributed by atoms with van der Waals surface area (Å²) in [5.41, 5.74) is 1.75. The van der Waals surface area contributed by atoms with E-state index < -0.39 is 0 Å². The summed E-state index contributed by atoms with van der Waals surface area (Å²) in [4.78, 5) is 18.5. The topological polar surface area (TPSA) is 59.2 Å². The highest BCUT2D eigenvalue weighted by atomic mass is 19.1. The van der Waals surface area contributed by atoms with Crippen LogP contribution in [0.3, 0.4) is 0 Å². The zero-order valence-electron chi connectivity index (χ0n) is 13.4. The molecule has 1 saturated heterocycles. The van der Waals surface area contributed by atoms with Crippen molar-refractivity contribution < 1.29 is 13.7 Å². The lowest BCUT2D eigenvalue weighted by Crippen LogP contribution is -2.24. The molecule has 4 rings (SSSR count). The van der Waals surface area contributed by atoms with Gasteiger partial charge in [-0.3, -0.25) is 4.79 Å². The van der Waals surface area contributed by atoms with Crippen LogP contribution in [0.25, 0.3) is 11.5 Å². The lowest BCUT2D eigenvalue weighted by Gasteiger charge is -2.15. The molecule has 126 valence electrons. The van der Waals surface area contributed by atoms with Crippen molar-refractivity contribution in [1.82, 2.24) is 15.0 Å². The molecule has 0 bridgehead atoms. The normalized spacial score (nSPS) is 17.2. The van der Waals surface area contributed by atoms with E-state index >= 15 is 0 Å². The third-order valence-electron chi connectivity index (χ3n) is 4.33. The summed E-state index contributed by atoms with van der Waals surface area (Å²) < 4.78 is 18.3. The Kier molecular flexibility index (Phi) is 4.01. The standard InChI is InChI=1S/C19H16FN3O2/c20-16-8-6-14(7-9-16)19-21-18(22-25-19)15-10-17(24)23(12-15)11-13-4-2-1-3-5-13/h1-9,15H,10-12H2. The van der Waals surface area contributed by atoms with Gasteiger partial charge in [0, 0.05) is 31.0 Å². The number of nitrogens with zero attached hydrogens (tertiary/aromatic N) is 3. The predicted octanol–water partition coefficient (Wildman–Crippen LogP) is 3.39. The molecule has 0 spiro atoms. The Labute approximate surface area is 144 Å². The highest BCUT2D eigenvalue weighted by molar-refractivity contribution is 5.79. The molecule has 0 radical (unpaired) electrons. The molecule has 3 aromatic rings. The smallest absolute Gasteiger partial charge is 0.257 e. The van der Waals surface area contributed by atoms with Gasteiger partial charge in [-0.05, 0) is 29.8 Å². The number of benzene rings is 2. The van der Waals surface area contributed by atoms with Crippen LogP contribution in [0.2, 0.25) is 0 Å². The molecular formula is C19H16FN3O2. The first-order valence-electron chi connectivity index (χ1n) is 8.10. The average Bonchev–Trinajstić information content (AvgIpc) is 3.24. The second-order valence-corrected chi connectivity index (χ2v) is 6.13. The Morgan fingerprint density at radius 1 is 1.12 bits per heavy atom. The first kappa shape index (κ1) is 15.5. The second kappa shape index (κ2) is 6.47. The van der Waals surface area contributed by atoms with Gasteiger partial charge in [-0.1, -0.05) is 35.5 Å². The summed E-state index contributed by atoms with van der Waals surface area (Å²) in [5.74, 6) is 0.532. The molecule has 1 aliphatic rings. The molecule has 2 heterocycles. The van der Waals surface area contributed by atoms with Gasteiger partial charge < -0.3 is 9.42 Å². The fraction of sp³-hybridized carbons (Fsp3) is 0.211. The molecule has 2 aromatic carbocycles. The van der Waals surface area contributed by atoms with Crippen molar-refractivity contribution in [3.8, 4) is 11.5 Å². The molecule has 1 atom stereocenters. The Morgan fingerprint density at radius 3 is 2.64 bits per heavy atom. The fourth-order valence-electron chi connectivity index (χ4n) is 3.01. The number of carbonyl (C=O) groups excluding carboxylic acids is 1. The van der Waals surface area contributed by atoms with Crippen molar-refractivity contribution in [1.29, 1.82) is 0 Å². The maximum atomic E-state index is 13.0. The summed E-state index contributed by atoms with van der Waals surface area (Å²) in [6.07, 6.45) is 0.370. The van der Waals surface area contributed by atoms with Crippen LogP contribution < -0.4 is 0 Å². The van der Waals surface area contributed by atoms with Gasteiger partial charge in [-0.15, -0.1) is 0 Å². The molecule has 1 amide bonds. The van der Waals surface area contributed by atoms with Gasteiger partial charge in [-0.2, -0.15) is 4.98 Å². The lowest BCUT2D eigenvalue weighted by atomic mass is 10.1. The van der Waals surface area contributed by atoms with E-state index in [-0.39, 0.29) is 17.6 Å². The summed E-state index contributed by atoms with van der Waals surface area (Å²) in [6, 6.07) is 15.8. The van der Waals surface area contributed by atoms with Crippen LogP contribution in [-0.4, -0.2) is 27.5 Å². The van der Waals surface area contributed by atoms with E-state index in [0.29, 0.717) is 36.8 Å². The van der Waals surface area contributed by atoms with Crippen molar-refractivity contribution in [3.63, 3.8) is 0 Å². The number of likely N-dealkylation sites (tertiary alicyclic amines) is 1. The predicted molar refractivity (Wildman–Crippen MR) is 88.9 cm³/mol. The lowest BCUT2D eigenvalue weighted by molar-refractivity contribution is -0.128. The first-order chi connectivity index (χ1) is 12.2. The van der Waals surface area contributed by atoms with Crippen molar-refractivity contribution in [2.24, 2.45) is 0 Å². The van der Waals surface area contributed by atoms with Gasteiger partial charge in [0.05, 0.1) is 0 Å². The zero-order chi connectivity index (χ0) is 17.2. The highest BCUT2D eigenvalue weighted by Crippen LogP contribution is 2.29. The van der Waals surface area contributed by atoms with E-state index in [4.69, 9.17) is 4.52 Å². The van der Waals surface area contributed by atoms with Gasteiger partial charge in [0.2, 0.25) is 5.91 Å². The van der Waals surface area contributed by atoms with Gasteiger partial charge >= 0.3 is 0 Å². The second-order valence-electron chi connectivity index (χ2n) is 6.13. The molecule has 1 unspecified atom stereocenters. The van der Waals surface area contributed by atoms with E-state index in [9.17, 15) is 9.18 Å². The quantitative estimate of drug-likeness (QED) is 0.732. The monoisotopic (exact) mass is 337 g/mol. The van der Waals surface area contributed by atoms with Gasteiger partial charge in [0.1, 0.15) is 5.82 Å². The van der Waals surface area contributed by atoms with E-state index in [2.05, 4.69) is 10.1 Å². The average molecular weight is 337 g/mol. The largest absolute Gasteiger partial charge is 0.338 e. The van der Waals surface area contributed by atoms with Gasteiger partial charge in [-0.25, -0.2) is 4.39 Å². The Hall–Kier alpha value is -3.02. The minimum atomic E-state index is -0.318. The van der Waals surface area contributed by atoms with Crippen molar-refractivity contribution in [2.45, 2.75) is 18.9 Å². The minimum absolute atomic E-state index is 0.0852. The van der Waals surface area contributed by atoms with Crippen LogP contribution in [0.5, 0.6) is 0 Å². The highest BCUT2D eigenvalue weighted by Gasteiger charge is 2.33. The van der Waals surface area contributed by atoms with Crippen LogP contribution in [0.15, 0.2) is 59.1 Å². The van der Waals surface area contributed by atoms with Crippen LogP contribution in [-0.2, 0) is 11.3 Å². The summed E-state index contributed by atoms with van der Waals surface area (Å²) in [7, 11) is 0. The summed E-state index contributed by atoms with van der Waals surface area (Å²) in [6.45, 7) is 1.15. The van der Waals surface area contributed by atoms with Crippen LogP contribution in [0.1, 0.15) is 23.7 Å².